The molecule has 7 heteroatoms. The van der Waals surface area contributed by atoms with Crippen molar-refractivity contribution >= 4 is 16.7 Å². The van der Waals surface area contributed by atoms with Crippen LogP contribution in [0.25, 0.3) is 11.0 Å². The van der Waals surface area contributed by atoms with Crippen LogP contribution in [0.3, 0.4) is 0 Å². The van der Waals surface area contributed by atoms with Crippen molar-refractivity contribution in [3.63, 3.8) is 0 Å². The Kier molecular flexibility index (Phi) is 2.09. The van der Waals surface area contributed by atoms with E-state index < -0.39 is 4.92 Å². The van der Waals surface area contributed by atoms with Crippen LogP contribution in [-0.4, -0.2) is 15.2 Å². The molecule has 7 nitrogen and oxygen atoms in total. The number of hydrogen-bond donors (Lipinski definition) is 1. The van der Waals surface area contributed by atoms with E-state index in [1.165, 1.54) is 6.07 Å². The highest BCUT2D eigenvalue weighted by molar-refractivity contribution is 5.86. The molecule has 0 saturated heterocycles. The normalized spacial score (nSPS) is 12.9. The third kappa shape index (κ3) is 1.42. The summed E-state index contributed by atoms with van der Waals surface area (Å²) in [5.41, 5.74) is 6.72. The molecule has 0 fully saturated rings. The van der Waals surface area contributed by atoms with Crippen molar-refractivity contribution in [2.75, 3.05) is 0 Å². The zero-order valence-corrected chi connectivity index (χ0v) is 7.88. The summed E-state index contributed by atoms with van der Waals surface area (Å²) in [6.45, 7) is 1.76. The Morgan fingerprint density at radius 3 is 2.73 bits per heavy atom. The summed E-state index contributed by atoms with van der Waals surface area (Å²) in [5.74, 6) is 0. The van der Waals surface area contributed by atoms with E-state index in [1.54, 1.807) is 13.0 Å². The molecule has 0 aliphatic heterocycles. The quantitative estimate of drug-likeness (QED) is 0.585. The Hall–Kier alpha value is -2.02. The number of aromatic nitrogens is 2. The molecule has 1 aromatic carbocycles. The van der Waals surface area contributed by atoms with Gasteiger partial charge in [-0.2, -0.15) is 0 Å². The summed E-state index contributed by atoms with van der Waals surface area (Å²) < 4.78 is 4.49. The van der Waals surface area contributed by atoms with Gasteiger partial charge in [-0.15, -0.1) is 0 Å². The number of nitrogens with zero attached hydrogens (tertiary/aromatic N) is 3. The fourth-order valence-electron chi connectivity index (χ4n) is 1.39. The van der Waals surface area contributed by atoms with Crippen LogP contribution in [0, 0.1) is 10.1 Å². The fraction of sp³-hybridized carbons (Fsp3) is 0.250. The lowest BCUT2D eigenvalue weighted by atomic mass is 10.1. The van der Waals surface area contributed by atoms with Gasteiger partial charge in [-0.3, -0.25) is 10.1 Å². The van der Waals surface area contributed by atoms with Crippen molar-refractivity contribution in [1.29, 1.82) is 0 Å². The van der Waals surface area contributed by atoms with Gasteiger partial charge in [-0.05, 0) is 23.3 Å². The van der Waals surface area contributed by atoms with Crippen molar-refractivity contribution in [2.24, 2.45) is 5.73 Å². The number of nitrogens with two attached hydrogens (primary N) is 1. The fourth-order valence-corrected chi connectivity index (χ4v) is 1.39. The molecule has 2 rings (SSSR count). The zero-order chi connectivity index (χ0) is 11.0. The number of non-ortho nitro benzene ring substituents is 1. The van der Waals surface area contributed by atoms with Gasteiger partial charge in [0.25, 0.3) is 0 Å². The van der Waals surface area contributed by atoms with Crippen LogP contribution >= 0.6 is 0 Å². The first kappa shape index (κ1) is 9.53. The number of hydrogen-bond acceptors (Lipinski definition) is 6. The van der Waals surface area contributed by atoms with E-state index in [0.29, 0.717) is 11.1 Å². The van der Waals surface area contributed by atoms with Gasteiger partial charge >= 0.3 is 5.69 Å². The van der Waals surface area contributed by atoms with Crippen LogP contribution in [-0.2, 0) is 0 Å². The van der Waals surface area contributed by atoms with Crippen molar-refractivity contribution in [1.82, 2.24) is 10.3 Å². The smallest absolute Gasteiger partial charge is 0.300 e. The molecule has 1 unspecified atom stereocenters. The summed E-state index contributed by atoms with van der Waals surface area (Å²) in [6.07, 6.45) is 0. The van der Waals surface area contributed by atoms with E-state index in [1.807, 2.05) is 0 Å². The van der Waals surface area contributed by atoms with Crippen molar-refractivity contribution in [3.8, 4) is 0 Å². The summed E-state index contributed by atoms with van der Waals surface area (Å²) in [4.78, 5) is 10.1. The maximum Gasteiger partial charge on any atom is 0.300 e. The van der Waals surface area contributed by atoms with Crippen molar-refractivity contribution in [2.45, 2.75) is 13.0 Å². The predicted molar refractivity (Wildman–Crippen MR) is 51.1 cm³/mol. The van der Waals surface area contributed by atoms with Crippen LogP contribution in [0.5, 0.6) is 0 Å². The van der Waals surface area contributed by atoms with Gasteiger partial charge in [0, 0.05) is 17.7 Å². The highest BCUT2D eigenvalue weighted by Gasteiger charge is 2.20. The van der Waals surface area contributed by atoms with Gasteiger partial charge in [0.15, 0.2) is 0 Å². The zero-order valence-electron chi connectivity index (χ0n) is 7.88. The summed E-state index contributed by atoms with van der Waals surface area (Å²) in [6, 6.07) is 2.64. The second kappa shape index (κ2) is 3.28. The van der Waals surface area contributed by atoms with Gasteiger partial charge in [0.2, 0.25) is 5.52 Å². The highest BCUT2D eigenvalue weighted by atomic mass is 16.6. The molecule has 1 heterocycles. The van der Waals surface area contributed by atoms with Crippen LogP contribution in [0.2, 0.25) is 0 Å². The minimum Gasteiger partial charge on any atom is -0.324 e. The summed E-state index contributed by atoms with van der Waals surface area (Å²) in [7, 11) is 0. The Labute approximate surface area is 84.0 Å². The van der Waals surface area contributed by atoms with Crippen LogP contribution < -0.4 is 5.73 Å². The average molecular weight is 208 g/mol. The van der Waals surface area contributed by atoms with Crippen LogP contribution in [0.1, 0.15) is 18.5 Å². The molecule has 0 radical (unpaired) electrons. The molecule has 0 bridgehead atoms. The molecule has 15 heavy (non-hydrogen) atoms. The Morgan fingerprint density at radius 1 is 1.47 bits per heavy atom. The number of fused-ring (bicyclic) bond motifs is 1. The molecule has 2 aromatic rings. The lowest BCUT2D eigenvalue weighted by molar-refractivity contribution is -0.383. The lowest BCUT2D eigenvalue weighted by Gasteiger charge is -2.04. The number of rotatable bonds is 2. The van der Waals surface area contributed by atoms with Gasteiger partial charge in [-0.1, -0.05) is 0 Å². The number of nitro groups is 1. The van der Waals surface area contributed by atoms with E-state index in [4.69, 9.17) is 5.73 Å². The first-order chi connectivity index (χ1) is 7.11. The van der Waals surface area contributed by atoms with E-state index in [-0.39, 0.29) is 17.2 Å². The average Bonchev–Trinajstić information content (AvgIpc) is 2.63. The molecule has 0 amide bonds. The molecule has 1 aromatic heterocycles. The van der Waals surface area contributed by atoms with Gasteiger partial charge < -0.3 is 5.73 Å². The van der Waals surface area contributed by atoms with E-state index in [0.717, 1.165) is 0 Å². The minimum atomic E-state index is -0.530. The van der Waals surface area contributed by atoms with E-state index >= 15 is 0 Å². The van der Waals surface area contributed by atoms with Gasteiger partial charge in [0.05, 0.1) is 4.92 Å². The Bertz CT molecular complexity index is 520. The molecule has 2 N–H and O–H groups in total. The predicted octanol–water partition coefficient (Wildman–Crippen LogP) is 1.15. The highest BCUT2D eigenvalue weighted by Crippen LogP contribution is 2.27. The molecule has 0 aliphatic rings. The minimum absolute atomic E-state index is 0.129. The van der Waals surface area contributed by atoms with E-state index in [2.05, 4.69) is 14.9 Å². The van der Waals surface area contributed by atoms with Crippen molar-refractivity contribution < 1.29 is 9.55 Å². The molecular weight excluding hydrogens is 200 g/mol. The lowest BCUT2D eigenvalue weighted by Crippen LogP contribution is -2.06. The Balaban J connectivity index is 2.76. The second-order valence-electron chi connectivity index (χ2n) is 3.18. The first-order valence-corrected chi connectivity index (χ1v) is 4.26. The number of nitro benzene ring substituents is 1. The van der Waals surface area contributed by atoms with Gasteiger partial charge in [-0.25, -0.2) is 4.63 Å². The topological polar surface area (TPSA) is 108 Å². The SMILES string of the molecule is CC(N)c1ccc([N+](=O)[O-])c2nonc12. The Morgan fingerprint density at radius 2 is 2.13 bits per heavy atom. The summed E-state index contributed by atoms with van der Waals surface area (Å²) >= 11 is 0. The largest absolute Gasteiger partial charge is 0.324 e. The maximum absolute atomic E-state index is 10.7. The van der Waals surface area contributed by atoms with Crippen molar-refractivity contribution in [3.05, 3.63) is 27.8 Å². The summed E-state index contributed by atoms with van der Waals surface area (Å²) in [5, 5.41) is 17.8. The van der Waals surface area contributed by atoms with Crippen LogP contribution in [0.4, 0.5) is 5.69 Å². The maximum atomic E-state index is 10.7. The third-order valence-corrected chi connectivity index (χ3v) is 2.11. The van der Waals surface area contributed by atoms with Crippen LogP contribution in [0.15, 0.2) is 16.8 Å². The molecule has 0 saturated carbocycles. The molecular formula is C8H8N4O3. The molecule has 0 aliphatic carbocycles. The third-order valence-electron chi connectivity index (χ3n) is 2.11. The first-order valence-electron chi connectivity index (χ1n) is 4.26. The molecule has 78 valence electrons. The second-order valence-corrected chi connectivity index (χ2v) is 3.18. The monoisotopic (exact) mass is 208 g/mol. The standard InChI is InChI=1S/C8H8N4O3/c1-4(9)5-2-3-6(12(13)14)8-7(5)10-15-11-8/h2-4H,9H2,1H3. The van der Waals surface area contributed by atoms with E-state index in [9.17, 15) is 10.1 Å². The molecule has 1 atom stereocenters. The molecule has 0 spiro atoms. The van der Waals surface area contributed by atoms with Gasteiger partial charge in [0.1, 0.15) is 5.52 Å². The number of benzene rings is 1.